The van der Waals surface area contributed by atoms with Gasteiger partial charge in [0.25, 0.3) is 5.91 Å². The van der Waals surface area contributed by atoms with Crippen LogP contribution >= 0.6 is 0 Å². The second kappa shape index (κ2) is 8.53. The van der Waals surface area contributed by atoms with E-state index in [2.05, 4.69) is 11.9 Å². The Balaban J connectivity index is 2.13. The van der Waals surface area contributed by atoms with Gasteiger partial charge in [-0.25, -0.2) is 0 Å². The Kier molecular flexibility index (Phi) is 6.41. The van der Waals surface area contributed by atoms with Gasteiger partial charge in [-0.15, -0.1) is 0 Å². The topological polar surface area (TPSA) is 94.1 Å². The largest absolute Gasteiger partial charge is 0.497 e. The number of carbonyl (C=O) groups is 2. The molecule has 2 rings (SSSR count). The molecule has 1 heterocycles. The van der Waals surface area contributed by atoms with Gasteiger partial charge in [0.2, 0.25) is 0 Å². The minimum Gasteiger partial charge on any atom is -0.497 e. The molecule has 136 valence electrons. The fourth-order valence-corrected chi connectivity index (χ4v) is 2.66. The number of hydrogen-bond donors (Lipinski definition) is 2. The number of ether oxygens (including phenoxy) is 3. The van der Waals surface area contributed by atoms with Crippen LogP contribution in [-0.4, -0.2) is 50.5 Å². The first-order valence-electron chi connectivity index (χ1n) is 8.03. The molecule has 1 amide bonds. The fourth-order valence-electron chi connectivity index (χ4n) is 2.66. The highest BCUT2D eigenvalue weighted by atomic mass is 16.5. The Labute approximate surface area is 146 Å². The predicted octanol–water partition coefficient (Wildman–Crippen LogP) is 1.87. The molecular formula is C18H23NO6. The third-order valence-corrected chi connectivity index (χ3v) is 4.28. The molecule has 1 saturated heterocycles. The molecule has 0 aliphatic carbocycles. The lowest BCUT2D eigenvalue weighted by Crippen LogP contribution is -2.46. The minimum absolute atomic E-state index is 0.0391. The molecule has 1 aromatic carbocycles. The summed E-state index contributed by atoms with van der Waals surface area (Å²) in [6.07, 6.45) is 2.30. The molecule has 0 unspecified atom stereocenters. The lowest BCUT2D eigenvalue weighted by atomic mass is 9.80. The van der Waals surface area contributed by atoms with E-state index in [0.29, 0.717) is 43.1 Å². The van der Waals surface area contributed by atoms with Gasteiger partial charge in [-0.3, -0.25) is 9.59 Å². The van der Waals surface area contributed by atoms with E-state index in [1.54, 1.807) is 24.3 Å². The van der Waals surface area contributed by atoms with Gasteiger partial charge in [0.1, 0.15) is 18.1 Å². The van der Waals surface area contributed by atoms with E-state index in [9.17, 15) is 14.7 Å². The van der Waals surface area contributed by atoms with Crippen molar-refractivity contribution in [2.75, 3.05) is 33.5 Å². The van der Waals surface area contributed by atoms with Crippen LogP contribution in [0.2, 0.25) is 0 Å². The molecule has 25 heavy (non-hydrogen) atoms. The van der Waals surface area contributed by atoms with Crippen LogP contribution in [0.5, 0.6) is 11.5 Å². The number of rotatable bonds is 8. The Morgan fingerprint density at radius 1 is 1.40 bits per heavy atom. The maximum absolute atomic E-state index is 12.6. The molecule has 0 atom stereocenters. The van der Waals surface area contributed by atoms with Crippen molar-refractivity contribution in [2.24, 2.45) is 5.41 Å². The summed E-state index contributed by atoms with van der Waals surface area (Å²) in [6.45, 7) is 4.61. The summed E-state index contributed by atoms with van der Waals surface area (Å²) in [7, 11) is 1.52. The third-order valence-electron chi connectivity index (χ3n) is 4.28. The van der Waals surface area contributed by atoms with Crippen molar-refractivity contribution in [1.82, 2.24) is 5.32 Å². The van der Waals surface area contributed by atoms with Crippen LogP contribution in [0.25, 0.3) is 0 Å². The van der Waals surface area contributed by atoms with Gasteiger partial charge in [-0.2, -0.15) is 0 Å². The second-order valence-corrected chi connectivity index (χ2v) is 5.84. The molecule has 0 spiro atoms. The highest BCUT2D eigenvalue weighted by Gasteiger charge is 2.40. The van der Waals surface area contributed by atoms with Gasteiger partial charge in [0.05, 0.1) is 18.1 Å². The van der Waals surface area contributed by atoms with Crippen molar-refractivity contribution in [3.05, 3.63) is 36.4 Å². The molecule has 0 bridgehead atoms. The normalized spacial score (nSPS) is 15.9. The van der Waals surface area contributed by atoms with E-state index in [0.717, 1.165) is 0 Å². The molecule has 1 aromatic rings. The first-order chi connectivity index (χ1) is 12.0. The Bertz CT molecular complexity index is 636. The fraction of sp³-hybridized carbons (Fsp3) is 0.444. The van der Waals surface area contributed by atoms with Crippen LogP contribution in [0.3, 0.4) is 0 Å². The van der Waals surface area contributed by atoms with E-state index in [1.165, 1.54) is 7.11 Å². The number of methoxy groups -OCH3 is 1. The maximum Gasteiger partial charge on any atom is 0.311 e. The molecule has 0 aromatic heterocycles. The Morgan fingerprint density at radius 2 is 2.12 bits per heavy atom. The number of carboxylic acid groups (broad SMARTS) is 1. The van der Waals surface area contributed by atoms with Gasteiger partial charge in [-0.1, -0.05) is 12.7 Å². The number of carboxylic acids is 1. The van der Waals surface area contributed by atoms with Gasteiger partial charge < -0.3 is 24.6 Å². The molecule has 0 saturated carbocycles. The molecule has 0 radical (unpaired) electrons. The van der Waals surface area contributed by atoms with Gasteiger partial charge in [0, 0.05) is 25.8 Å². The van der Waals surface area contributed by atoms with E-state index in [1.807, 2.05) is 0 Å². The van der Waals surface area contributed by atoms with E-state index in [-0.39, 0.29) is 13.2 Å². The summed E-state index contributed by atoms with van der Waals surface area (Å²) < 4.78 is 15.9. The molecule has 7 heteroatoms. The van der Waals surface area contributed by atoms with Crippen LogP contribution in [0, 0.1) is 5.41 Å². The van der Waals surface area contributed by atoms with Crippen molar-refractivity contribution in [1.29, 1.82) is 0 Å². The lowest BCUT2D eigenvalue weighted by molar-refractivity contribution is -0.154. The Morgan fingerprint density at radius 3 is 2.72 bits per heavy atom. The molecular weight excluding hydrogens is 326 g/mol. The summed E-state index contributed by atoms with van der Waals surface area (Å²) in [6, 6.07) is 4.85. The molecule has 1 aliphatic rings. The zero-order valence-electron chi connectivity index (χ0n) is 14.2. The van der Waals surface area contributed by atoms with Crippen molar-refractivity contribution in [2.45, 2.75) is 12.8 Å². The number of amides is 1. The lowest BCUT2D eigenvalue weighted by Gasteiger charge is -2.33. The third kappa shape index (κ3) is 4.51. The first-order valence-corrected chi connectivity index (χ1v) is 8.03. The summed E-state index contributed by atoms with van der Waals surface area (Å²) in [4.78, 5) is 24.2. The number of nitrogens with one attached hydrogen (secondary N) is 1. The first kappa shape index (κ1) is 18.8. The zero-order chi connectivity index (χ0) is 18.3. The van der Waals surface area contributed by atoms with E-state index >= 15 is 0 Å². The summed E-state index contributed by atoms with van der Waals surface area (Å²) in [5.41, 5.74) is -0.682. The van der Waals surface area contributed by atoms with Crippen molar-refractivity contribution >= 4 is 11.9 Å². The smallest absolute Gasteiger partial charge is 0.311 e. The monoisotopic (exact) mass is 349 g/mol. The average molecular weight is 349 g/mol. The average Bonchev–Trinajstić information content (AvgIpc) is 2.64. The number of carbonyl (C=O) groups excluding carboxylic acids is 1. The highest BCUT2D eigenvalue weighted by molar-refractivity contribution is 5.97. The standard InChI is InChI=1S/C18H23NO6/c1-3-8-25-15-11-13(23-2)4-5-14(15)16(20)19-12-18(17(21)22)6-9-24-10-7-18/h3-5,11H,1,6-10,12H2,2H3,(H,19,20)(H,21,22). The van der Waals surface area contributed by atoms with Crippen LogP contribution in [0.1, 0.15) is 23.2 Å². The van der Waals surface area contributed by atoms with Crippen molar-refractivity contribution < 1.29 is 28.9 Å². The van der Waals surface area contributed by atoms with Crippen LogP contribution in [0.15, 0.2) is 30.9 Å². The maximum atomic E-state index is 12.6. The summed E-state index contributed by atoms with van der Waals surface area (Å²) in [5.74, 6) is -0.405. The highest BCUT2D eigenvalue weighted by Crippen LogP contribution is 2.31. The van der Waals surface area contributed by atoms with Crippen molar-refractivity contribution in [3.8, 4) is 11.5 Å². The van der Waals surface area contributed by atoms with E-state index in [4.69, 9.17) is 14.2 Å². The van der Waals surface area contributed by atoms with Gasteiger partial charge in [0.15, 0.2) is 0 Å². The summed E-state index contributed by atoms with van der Waals surface area (Å²) >= 11 is 0. The molecule has 1 aliphatic heterocycles. The zero-order valence-corrected chi connectivity index (χ0v) is 14.2. The quantitative estimate of drug-likeness (QED) is 0.696. The molecule has 1 fully saturated rings. The van der Waals surface area contributed by atoms with Gasteiger partial charge >= 0.3 is 5.97 Å². The summed E-state index contributed by atoms with van der Waals surface area (Å²) in [5, 5.41) is 12.3. The molecule has 7 nitrogen and oxygen atoms in total. The number of aliphatic carboxylic acids is 1. The van der Waals surface area contributed by atoms with Crippen LogP contribution < -0.4 is 14.8 Å². The number of benzene rings is 1. The van der Waals surface area contributed by atoms with Crippen LogP contribution in [-0.2, 0) is 9.53 Å². The minimum atomic E-state index is -0.998. The SMILES string of the molecule is C=CCOc1cc(OC)ccc1C(=O)NCC1(C(=O)O)CCOCC1. The van der Waals surface area contributed by atoms with Gasteiger partial charge in [-0.05, 0) is 25.0 Å². The molecule has 2 N–H and O–H groups in total. The van der Waals surface area contributed by atoms with E-state index < -0.39 is 17.3 Å². The van der Waals surface area contributed by atoms with Crippen LogP contribution in [0.4, 0.5) is 0 Å². The number of hydrogen-bond acceptors (Lipinski definition) is 5. The second-order valence-electron chi connectivity index (χ2n) is 5.84. The predicted molar refractivity (Wildman–Crippen MR) is 91.1 cm³/mol. The van der Waals surface area contributed by atoms with Crippen molar-refractivity contribution in [3.63, 3.8) is 0 Å². The Hall–Kier alpha value is -2.54.